The average Bonchev–Trinajstić information content (AvgIpc) is 2.89. The Morgan fingerprint density at radius 3 is 3.13 bits per heavy atom. The van der Waals surface area contributed by atoms with E-state index in [4.69, 9.17) is 16.3 Å². The maximum atomic E-state index is 6.39. The van der Waals surface area contributed by atoms with Crippen molar-refractivity contribution >= 4 is 22.9 Å². The molecule has 0 aromatic carbocycles. The van der Waals surface area contributed by atoms with E-state index < -0.39 is 0 Å². The Hall–Kier alpha value is -0.940. The molecule has 0 amide bonds. The van der Waals surface area contributed by atoms with Gasteiger partial charge in [-0.05, 0) is 49.9 Å². The van der Waals surface area contributed by atoms with Crippen LogP contribution in [-0.2, 0) is 16.8 Å². The molecule has 2 aromatic heterocycles. The molecule has 1 saturated heterocycles. The standard InChI is InChI=1S/C18H21ClN2OS/c1-11-4-3-6-20-16(11)14-10-18(9-12(2)21-14)17-13(5-7-22-18)8-15(19)23-17/h3-4,6,8,12,14,21H,5,7,9-10H2,1-2H3/t12-,14-,18-/m0/s1. The number of thiophene rings is 1. The van der Waals surface area contributed by atoms with E-state index in [-0.39, 0.29) is 11.6 Å². The lowest BCUT2D eigenvalue weighted by Crippen LogP contribution is -2.49. The van der Waals surface area contributed by atoms with Gasteiger partial charge >= 0.3 is 0 Å². The molecule has 0 saturated carbocycles. The van der Waals surface area contributed by atoms with Gasteiger partial charge in [0.05, 0.1) is 22.7 Å². The van der Waals surface area contributed by atoms with Gasteiger partial charge in [0.15, 0.2) is 0 Å². The number of hydrogen-bond acceptors (Lipinski definition) is 4. The minimum absolute atomic E-state index is 0.215. The predicted octanol–water partition coefficient (Wildman–Crippen LogP) is 4.39. The van der Waals surface area contributed by atoms with E-state index in [1.54, 1.807) is 11.3 Å². The molecular formula is C18H21ClN2OS. The summed E-state index contributed by atoms with van der Waals surface area (Å²) < 4.78 is 7.26. The molecule has 0 radical (unpaired) electrons. The second-order valence-corrected chi connectivity index (χ2v) is 8.42. The molecule has 3 atom stereocenters. The van der Waals surface area contributed by atoms with E-state index in [0.29, 0.717) is 6.04 Å². The first-order valence-electron chi connectivity index (χ1n) is 8.18. The molecule has 5 heteroatoms. The number of piperidine rings is 1. The minimum atomic E-state index is -0.218. The van der Waals surface area contributed by atoms with E-state index >= 15 is 0 Å². The first-order valence-corrected chi connectivity index (χ1v) is 9.37. The number of aryl methyl sites for hydroxylation is 1. The van der Waals surface area contributed by atoms with Crippen LogP contribution in [0, 0.1) is 6.92 Å². The van der Waals surface area contributed by atoms with Crippen LogP contribution in [0.5, 0.6) is 0 Å². The Morgan fingerprint density at radius 1 is 1.43 bits per heavy atom. The predicted molar refractivity (Wildman–Crippen MR) is 94.2 cm³/mol. The Balaban J connectivity index is 1.74. The van der Waals surface area contributed by atoms with E-state index in [0.717, 1.165) is 35.9 Å². The van der Waals surface area contributed by atoms with Gasteiger partial charge in [0.2, 0.25) is 0 Å². The second-order valence-electron chi connectivity index (χ2n) is 6.73. The third-order valence-electron chi connectivity index (χ3n) is 4.98. The second kappa shape index (κ2) is 5.85. The number of fused-ring (bicyclic) bond motifs is 2. The van der Waals surface area contributed by atoms with Crippen molar-refractivity contribution in [3.8, 4) is 0 Å². The molecule has 1 fully saturated rings. The van der Waals surface area contributed by atoms with Crippen molar-refractivity contribution in [3.63, 3.8) is 0 Å². The van der Waals surface area contributed by atoms with Crippen LogP contribution in [0.2, 0.25) is 4.34 Å². The van der Waals surface area contributed by atoms with Crippen LogP contribution in [0.1, 0.15) is 47.5 Å². The van der Waals surface area contributed by atoms with Crippen molar-refractivity contribution in [2.45, 2.75) is 50.8 Å². The fourth-order valence-corrected chi connectivity index (χ4v) is 5.56. The third-order valence-corrected chi connectivity index (χ3v) is 6.47. The third kappa shape index (κ3) is 2.72. The quantitative estimate of drug-likeness (QED) is 0.830. The maximum absolute atomic E-state index is 6.39. The van der Waals surface area contributed by atoms with E-state index in [2.05, 4.69) is 36.3 Å². The number of nitrogens with zero attached hydrogens (tertiary/aromatic N) is 1. The number of pyridine rings is 1. The number of halogens is 1. The molecule has 3 nitrogen and oxygen atoms in total. The van der Waals surface area contributed by atoms with Crippen molar-refractivity contribution in [2.75, 3.05) is 6.61 Å². The molecule has 1 spiro atoms. The van der Waals surface area contributed by atoms with Crippen molar-refractivity contribution in [2.24, 2.45) is 0 Å². The van der Waals surface area contributed by atoms with Crippen LogP contribution in [0.4, 0.5) is 0 Å². The average molecular weight is 349 g/mol. The lowest BCUT2D eigenvalue weighted by Gasteiger charge is -2.46. The molecule has 0 bridgehead atoms. The molecule has 0 unspecified atom stereocenters. The Kier molecular flexibility index (Phi) is 3.96. The van der Waals surface area contributed by atoms with Gasteiger partial charge < -0.3 is 10.1 Å². The van der Waals surface area contributed by atoms with Crippen LogP contribution in [0.3, 0.4) is 0 Å². The molecule has 1 N–H and O–H groups in total. The summed E-state index contributed by atoms with van der Waals surface area (Å²) in [6.45, 7) is 5.14. The highest BCUT2D eigenvalue weighted by Gasteiger charge is 2.46. The van der Waals surface area contributed by atoms with Gasteiger partial charge in [-0.2, -0.15) is 0 Å². The lowest BCUT2D eigenvalue weighted by atomic mass is 9.78. The molecule has 4 heterocycles. The SMILES string of the molecule is Cc1cccnc1[C@@H]1C[C@]2(C[C@H](C)N1)OCCc1cc(Cl)sc12. The van der Waals surface area contributed by atoms with Crippen LogP contribution < -0.4 is 5.32 Å². The summed E-state index contributed by atoms with van der Waals surface area (Å²) in [5.41, 5.74) is 3.52. The van der Waals surface area contributed by atoms with Crippen molar-refractivity contribution in [1.29, 1.82) is 0 Å². The zero-order chi connectivity index (χ0) is 16.0. The largest absolute Gasteiger partial charge is 0.369 e. The number of rotatable bonds is 1. The smallest absolute Gasteiger partial charge is 0.106 e. The van der Waals surface area contributed by atoms with Gasteiger partial charge in [-0.3, -0.25) is 4.98 Å². The molecule has 2 aromatic rings. The molecule has 0 aliphatic carbocycles. The molecule has 4 rings (SSSR count). The van der Waals surface area contributed by atoms with Gasteiger partial charge in [-0.25, -0.2) is 0 Å². The summed E-state index contributed by atoms with van der Waals surface area (Å²) in [6, 6.07) is 6.84. The topological polar surface area (TPSA) is 34.2 Å². The monoisotopic (exact) mass is 348 g/mol. The fraction of sp³-hybridized carbons (Fsp3) is 0.500. The Labute approximate surface area is 146 Å². The lowest BCUT2D eigenvalue weighted by molar-refractivity contribution is -0.0958. The highest BCUT2D eigenvalue weighted by atomic mass is 35.5. The fourth-order valence-electron chi connectivity index (χ4n) is 4.10. The molecular weight excluding hydrogens is 328 g/mol. The maximum Gasteiger partial charge on any atom is 0.106 e. The highest BCUT2D eigenvalue weighted by Crippen LogP contribution is 2.49. The molecule has 23 heavy (non-hydrogen) atoms. The van der Waals surface area contributed by atoms with Gasteiger partial charge in [-0.1, -0.05) is 17.7 Å². The summed E-state index contributed by atoms with van der Waals surface area (Å²) in [6.07, 6.45) is 4.75. The van der Waals surface area contributed by atoms with Gasteiger partial charge in [0, 0.05) is 23.5 Å². The van der Waals surface area contributed by atoms with E-state index in [9.17, 15) is 0 Å². The molecule has 2 aliphatic rings. The zero-order valence-corrected chi connectivity index (χ0v) is 15.0. The van der Waals surface area contributed by atoms with Crippen molar-refractivity contribution in [3.05, 3.63) is 50.4 Å². The minimum Gasteiger partial charge on any atom is -0.369 e. The molecule has 122 valence electrons. The summed E-state index contributed by atoms with van der Waals surface area (Å²) in [4.78, 5) is 5.97. The first-order chi connectivity index (χ1) is 11.1. The van der Waals surface area contributed by atoms with Crippen molar-refractivity contribution < 1.29 is 4.74 Å². The van der Waals surface area contributed by atoms with Gasteiger partial charge in [0.1, 0.15) is 5.60 Å². The first kappa shape index (κ1) is 15.6. The van der Waals surface area contributed by atoms with Crippen LogP contribution in [0.25, 0.3) is 0 Å². The van der Waals surface area contributed by atoms with Gasteiger partial charge in [0.25, 0.3) is 0 Å². The normalized spacial score (nSPS) is 30.4. The molecule has 2 aliphatic heterocycles. The van der Waals surface area contributed by atoms with Gasteiger partial charge in [-0.15, -0.1) is 11.3 Å². The number of hydrogen-bond donors (Lipinski definition) is 1. The number of nitrogens with one attached hydrogen (secondary N) is 1. The summed E-state index contributed by atoms with van der Waals surface area (Å²) in [7, 11) is 0. The van der Waals surface area contributed by atoms with Crippen LogP contribution in [0.15, 0.2) is 24.4 Å². The zero-order valence-electron chi connectivity index (χ0n) is 13.4. The number of ether oxygens (including phenoxy) is 1. The Bertz CT molecular complexity index is 732. The number of aromatic nitrogens is 1. The van der Waals surface area contributed by atoms with Crippen LogP contribution >= 0.6 is 22.9 Å². The highest BCUT2D eigenvalue weighted by molar-refractivity contribution is 7.16. The summed E-state index contributed by atoms with van der Waals surface area (Å²) >= 11 is 7.99. The summed E-state index contributed by atoms with van der Waals surface area (Å²) in [5, 5.41) is 3.71. The van der Waals surface area contributed by atoms with Crippen molar-refractivity contribution in [1.82, 2.24) is 10.3 Å². The Morgan fingerprint density at radius 2 is 2.30 bits per heavy atom. The van der Waals surface area contributed by atoms with Crippen LogP contribution in [-0.4, -0.2) is 17.6 Å². The summed E-state index contributed by atoms with van der Waals surface area (Å²) in [5.74, 6) is 0. The van der Waals surface area contributed by atoms with E-state index in [1.807, 2.05) is 12.3 Å². The van der Waals surface area contributed by atoms with E-state index in [1.165, 1.54) is 16.0 Å².